The van der Waals surface area contributed by atoms with Gasteiger partial charge in [0, 0.05) is 10.6 Å². The zero-order chi connectivity index (χ0) is 20.2. The molecule has 0 aliphatic heterocycles. The Labute approximate surface area is 166 Å². The van der Waals surface area contributed by atoms with Crippen molar-refractivity contribution in [3.63, 3.8) is 0 Å². The van der Waals surface area contributed by atoms with E-state index in [0.29, 0.717) is 16.7 Å². The van der Waals surface area contributed by atoms with Gasteiger partial charge < -0.3 is 5.32 Å². The number of hydrogen-bond donors (Lipinski definition) is 2. The molecule has 0 saturated carbocycles. The van der Waals surface area contributed by atoms with Crippen LogP contribution in [-0.2, 0) is 15.8 Å². The molecule has 2 aromatic carbocycles. The van der Waals surface area contributed by atoms with Crippen molar-refractivity contribution < 1.29 is 22.8 Å². The first-order valence-electron chi connectivity index (χ1n) is 7.04. The molecule has 0 atom stereocenters. The Kier molecular flexibility index (Phi) is 6.69. The van der Waals surface area contributed by atoms with Crippen LogP contribution in [0.2, 0.25) is 15.1 Å². The Morgan fingerprint density at radius 1 is 0.963 bits per heavy atom. The van der Waals surface area contributed by atoms with Crippen LogP contribution in [0.1, 0.15) is 11.1 Å². The standard InChI is InChI=1S/C16H9Cl3F3N3O2/c17-10-3-1-8(12(19)6-10)7-23-25-15(27)14(26)24-13-5-9(16(20,21)22)2-4-11(13)18/h1-7H,(H,24,26)(H,25,27). The van der Waals surface area contributed by atoms with E-state index in [2.05, 4.69) is 5.10 Å². The van der Waals surface area contributed by atoms with Crippen molar-refractivity contribution in [3.05, 3.63) is 62.6 Å². The number of amides is 2. The summed E-state index contributed by atoms with van der Waals surface area (Å²) in [6, 6.07) is 6.84. The fourth-order valence-corrected chi connectivity index (χ4v) is 2.42. The summed E-state index contributed by atoms with van der Waals surface area (Å²) < 4.78 is 38.1. The predicted octanol–water partition coefficient (Wildman–Crippen LogP) is 4.75. The molecular formula is C16H9Cl3F3N3O2. The van der Waals surface area contributed by atoms with E-state index in [9.17, 15) is 22.8 Å². The van der Waals surface area contributed by atoms with Gasteiger partial charge in [0.2, 0.25) is 0 Å². The minimum atomic E-state index is -4.63. The number of hydrazone groups is 1. The van der Waals surface area contributed by atoms with Crippen molar-refractivity contribution in [2.24, 2.45) is 5.10 Å². The third-order valence-electron chi connectivity index (χ3n) is 3.08. The van der Waals surface area contributed by atoms with Crippen LogP contribution in [-0.4, -0.2) is 18.0 Å². The Hall–Kier alpha value is -2.29. The van der Waals surface area contributed by atoms with Crippen molar-refractivity contribution in [3.8, 4) is 0 Å². The Balaban J connectivity index is 2.04. The number of benzene rings is 2. The summed E-state index contributed by atoms with van der Waals surface area (Å²) >= 11 is 17.4. The van der Waals surface area contributed by atoms with Crippen LogP contribution >= 0.6 is 34.8 Å². The number of carbonyl (C=O) groups excluding carboxylic acids is 2. The lowest BCUT2D eigenvalue weighted by Crippen LogP contribution is -2.32. The minimum absolute atomic E-state index is 0.166. The molecule has 2 N–H and O–H groups in total. The minimum Gasteiger partial charge on any atom is -0.316 e. The van der Waals surface area contributed by atoms with E-state index >= 15 is 0 Å². The topological polar surface area (TPSA) is 70.6 Å². The first kappa shape index (κ1) is 21.0. The van der Waals surface area contributed by atoms with E-state index in [4.69, 9.17) is 34.8 Å². The molecule has 27 heavy (non-hydrogen) atoms. The molecule has 0 aliphatic carbocycles. The highest BCUT2D eigenvalue weighted by atomic mass is 35.5. The number of rotatable bonds is 3. The average molecular weight is 439 g/mol. The van der Waals surface area contributed by atoms with E-state index in [0.717, 1.165) is 12.1 Å². The second-order valence-electron chi connectivity index (χ2n) is 5.01. The average Bonchev–Trinajstić information content (AvgIpc) is 2.57. The number of anilines is 1. The van der Waals surface area contributed by atoms with Gasteiger partial charge in [-0.05, 0) is 30.3 Å². The second kappa shape index (κ2) is 8.60. The van der Waals surface area contributed by atoms with Crippen LogP contribution in [0.25, 0.3) is 0 Å². The van der Waals surface area contributed by atoms with Gasteiger partial charge in [-0.1, -0.05) is 40.9 Å². The normalized spacial score (nSPS) is 11.5. The number of nitrogens with zero attached hydrogens (tertiary/aromatic N) is 1. The van der Waals surface area contributed by atoms with Crippen LogP contribution in [0.5, 0.6) is 0 Å². The molecule has 2 amide bonds. The number of carbonyl (C=O) groups is 2. The van der Waals surface area contributed by atoms with Crippen molar-refractivity contribution in [2.45, 2.75) is 6.18 Å². The molecule has 11 heteroatoms. The maximum Gasteiger partial charge on any atom is 0.416 e. The summed E-state index contributed by atoms with van der Waals surface area (Å²) in [4.78, 5) is 23.5. The van der Waals surface area contributed by atoms with E-state index in [1.807, 2.05) is 10.7 Å². The van der Waals surface area contributed by atoms with Crippen molar-refractivity contribution in [1.82, 2.24) is 5.43 Å². The van der Waals surface area contributed by atoms with Gasteiger partial charge in [0.15, 0.2) is 0 Å². The van der Waals surface area contributed by atoms with Crippen LogP contribution in [0.15, 0.2) is 41.5 Å². The first-order valence-corrected chi connectivity index (χ1v) is 8.17. The van der Waals surface area contributed by atoms with Crippen LogP contribution < -0.4 is 10.7 Å². The molecule has 0 unspecified atom stereocenters. The number of alkyl halides is 3. The maximum absolute atomic E-state index is 12.7. The van der Waals surface area contributed by atoms with Crippen molar-refractivity contribution >= 4 is 58.5 Å². The van der Waals surface area contributed by atoms with Gasteiger partial charge in [-0.2, -0.15) is 18.3 Å². The summed E-state index contributed by atoms with van der Waals surface area (Å²) in [6.07, 6.45) is -3.46. The maximum atomic E-state index is 12.7. The van der Waals surface area contributed by atoms with Crippen LogP contribution in [0.4, 0.5) is 18.9 Å². The lowest BCUT2D eigenvalue weighted by molar-refractivity contribution is -0.137. The number of halogens is 6. The fourth-order valence-electron chi connectivity index (χ4n) is 1.79. The molecule has 0 aliphatic rings. The highest BCUT2D eigenvalue weighted by Gasteiger charge is 2.31. The van der Waals surface area contributed by atoms with E-state index < -0.39 is 23.6 Å². The largest absolute Gasteiger partial charge is 0.416 e. The Morgan fingerprint density at radius 2 is 1.67 bits per heavy atom. The third kappa shape index (κ3) is 5.85. The van der Waals surface area contributed by atoms with Gasteiger partial charge in [0.25, 0.3) is 0 Å². The second-order valence-corrected chi connectivity index (χ2v) is 6.26. The monoisotopic (exact) mass is 437 g/mol. The van der Waals surface area contributed by atoms with E-state index in [1.54, 1.807) is 6.07 Å². The zero-order valence-electron chi connectivity index (χ0n) is 13.1. The zero-order valence-corrected chi connectivity index (χ0v) is 15.3. The van der Waals surface area contributed by atoms with E-state index in [-0.39, 0.29) is 15.7 Å². The summed E-state index contributed by atoms with van der Waals surface area (Å²) in [6.45, 7) is 0. The van der Waals surface area contributed by atoms with Gasteiger partial charge in [0.05, 0.1) is 27.5 Å². The summed E-state index contributed by atoms with van der Waals surface area (Å²) in [7, 11) is 0. The highest BCUT2D eigenvalue weighted by molar-refractivity contribution is 6.41. The molecule has 0 heterocycles. The summed E-state index contributed by atoms with van der Waals surface area (Å²) in [5.74, 6) is -2.47. The number of hydrogen-bond acceptors (Lipinski definition) is 3. The summed E-state index contributed by atoms with van der Waals surface area (Å²) in [5, 5.41) is 6.04. The highest BCUT2D eigenvalue weighted by Crippen LogP contribution is 2.33. The van der Waals surface area contributed by atoms with Gasteiger partial charge >= 0.3 is 18.0 Å². The molecule has 0 aromatic heterocycles. The van der Waals surface area contributed by atoms with Crippen LogP contribution in [0, 0.1) is 0 Å². The van der Waals surface area contributed by atoms with Crippen LogP contribution in [0.3, 0.4) is 0 Å². The lowest BCUT2D eigenvalue weighted by Gasteiger charge is -2.11. The van der Waals surface area contributed by atoms with Gasteiger partial charge in [-0.15, -0.1) is 0 Å². The molecule has 0 radical (unpaired) electrons. The van der Waals surface area contributed by atoms with Crippen molar-refractivity contribution in [2.75, 3.05) is 5.32 Å². The SMILES string of the molecule is O=C(NN=Cc1ccc(Cl)cc1Cl)C(=O)Nc1cc(C(F)(F)F)ccc1Cl. The molecular weight excluding hydrogens is 430 g/mol. The van der Waals surface area contributed by atoms with E-state index in [1.165, 1.54) is 18.3 Å². The van der Waals surface area contributed by atoms with Gasteiger partial charge in [-0.3, -0.25) is 9.59 Å². The molecule has 142 valence electrons. The molecule has 0 saturated heterocycles. The molecule has 2 aromatic rings. The number of nitrogens with one attached hydrogen (secondary N) is 2. The van der Waals surface area contributed by atoms with Gasteiger partial charge in [0.1, 0.15) is 0 Å². The molecule has 0 bridgehead atoms. The Bertz CT molecular complexity index is 918. The lowest BCUT2D eigenvalue weighted by atomic mass is 10.2. The predicted molar refractivity (Wildman–Crippen MR) is 97.3 cm³/mol. The molecule has 0 spiro atoms. The quantitative estimate of drug-likeness (QED) is 0.412. The van der Waals surface area contributed by atoms with Gasteiger partial charge in [-0.25, -0.2) is 5.43 Å². The molecule has 2 rings (SSSR count). The Morgan fingerprint density at radius 3 is 2.30 bits per heavy atom. The smallest absolute Gasteiger partial charge is 0.316 e. The summed E-state index contributed by atoms with van der Waals surface area (Å²) in [5.41, 5.74) is 0.944. The molecule has 5 nitrogen and oxygen atoms in total. The first-order chi connectivity index (χ1) is 12.6. The fraction of sp³-hybridized carbons (Fsp3) is 0.0625. The molecule has 0 fully saturated rings. The third-order valence-corrected chi connectivity index (χ3v) is 3.97. The van der Waals surface area contributed by atoms with Crippen molar-refractivity contribution in [1.29, 1.82) is 0 Å².